The van der Waals surface area contributed by atoms with Crippen LogP contribution in [-0.4, -0.2) is 41.8 Å². The van der Waals surface area contributed by atoms with Gasteiger partial charge in [0.15, 0.2) is 0 Å². The molecule has 3 heteroatoms. The lowest BCUT2D eigenvalue weighted by Crippen LogP contribution is -2.75. The van der Waals surface area contributed by atoms with Gasteiger partial charge in [-0.05, 0) is 24.0 Å². The van der Waals surface area contributed by atoms with Crippen LogP contribution >= 0.6 is 0 Å². The van der Waals surface area contributed by atoms with Crippen molar-refractivity contribution in [3.05, 3.63) is 35.4 Å². The molecular formula is C19H26N2O. The Labute approximate surface area is 133 Å². The van der Waals surface area contributed by atoms with Gasteiger partial charge in [-0.25, -0.2) is 0 Å². The number of Topliss-reactive ketones (excluding diaryl/α,β-unsaturated/α-hetero) is 1. The molecule has 5 rings (SSSR count). The molecule has 4 heterocycles. The maximum absolute atomic E-state index is 12.9. The summed E-state index contributed by atoms with van der Waals surface area (Å²) in [5.41, 5.74) is 2.50. The quantitative estimate of drug-likeness (QED) is 0.857. The van der Waals surface area contributed by atoms with Crippen molar-refractivity contribution >= 4 is 5.78 Å². The fraction of sp³-hybridized carbons (Fsp3) is 0.632. The molecule has 0 amide bonds. The van der Waals surface area contributed by atoms with Crippen molar-refractivity contribution in [1.29, 1.82) is 0 Å². The highest BCUT2D eigenvalue weighted by Gasteiger charge is 2.63. The SMILES string of the molecule is CCc1ccc(C2N3CC4(C)CN2CC(CC)(C3)C4=O)cc1. The molecule has 118 valence electrons. The molecular weight excluding hydrogens is 272 g/mol. The molecule has 0 aliphatic carbocycles. The number of aryl methyl sites for hydroxylation is 1. The van der Waals surface area contributed by atoms with Crippen molar-refractivity contribution in [2.45, 2.75) is 39.8 Å². The summed E-state index contributed by atoms with van der Waals surface area (Å²) in [6.45, 7) is 10.3. The summed E-state index contributed by atoms with van der Waals surface area (Å²) < 4.78 is 0. The van der Waals surface area contributed by atoms with Gasteiger partial charge >= 0.3 is 0 Å². The molecule has 0 saturated carbocycles. The largest absolute Gasteiger partial charge is 0.298 e. The molecule has 1 aromatic rings. The second-order valence-corrected chi connectivity index (χ2v) is 7.80. The van der Waals surface area contributed by atoms with E-state index in [4.69, 9.17) is 0 Å². The molecule has 4 saturated heterocycles. The molecule has 1 aromatic carbocycles. The second kappa shape index (κ2) is 4.65. The minimum atomic E-state index is -0.160. The first-order valence-corrected chi connectivity index (χ1v) is 8.63. The van der Waals surface area contributed by atoms with Gasteiger partial charge in [-0.15, -0.1) is 0 Å². The van der Waals surface area contributed by atoms with Crippen molar-refractivity contribution in [2.75, 3.05) is 26.2 Å². The Bertz CT molecular complexity index is 590. The third-order valence-electron chi connectivity index (χ3n) is 6.20. The zero-order chi connectivity index (χ0) is 15.5. The van der Waals surface area contributed by atoms with Crippen LogP contribution in [0.2, 0.25) is 0 Å². The van der Waals surface area contributed by atoms with Gasteiger partial charge in [-0.2, -0.15) is 0 Å². The summed E-state index contributed by atoms with van der Waals surface area (Å²) in [6, 6.07) is 9.08. The summed E-state index contributed by atoms with van der Waals surface area (Å²) in [5.74, 6) is 0.523. The minimum absolute atomic E-state index is 0.120. The summed E-state index contributed by atoms with van der Waals surface area (Å²) in [5, 5.41) is 0. The molecule has 0 radical (unpaired) electrons. The summed E-state index contributed by atoms with van der Waals surface area (Å²) in [4.78, 5) is 18.0. The van der Waals surface area contributed by atoms with Crippen molar-refractivity contribution in [2.24, 2.45) is 10.8 Å². The van der Waals surface area contributed by atoms with Crippen LogP contribution in [0.15, 0.2) is 24.3 Å². The van der Waals surface area contributed by atoms with Crippen LogP contribution in [-0.2, 0) is 11.2 Å². The molecule has 4 bridgehead atoms. The first kappa shape index (κ1) is 14.4. The van der Waals surface area contributed by atoms with E-state index in [1.54, 1.807) is 0 Å². The highest BCUT2D eigenvalue weighted by Crippen LogP contribution is 2.53. The number of ketones is 1. The molecule has 2 atom stereocenters. The van der Waals surface area contributed by atoms with Crippen LogP contribution in [0.25, 0.3) is 0 Å². The summed E-state index contributed by atoms with van der Waals surface area (Å²) >= 11 is 0. The number of benzene rings is 1. The molecule has 3 nitrogen and oxygen atoms in total. The van der Waals surface area contributed by atoms with E-state index < -0.39 is 0 Å². The van der Waals surface area contributed by atoms with Gasteiger partial charge in [0.1, 0.15) is 5.78 Å². The number of hydrogen-bond acceptors (Lipinski definition) is 3. The molecule has 0 spiro atoms. The fourth-order valence-corrected chi connectivity index (χ4v) is 5.12. The van der Waals surface area contributed by atoms with E-state index in [2.05, 4.69) is 54.8 Å². The maximum Gasteiger partial charge on any atom is 0.150 e. The predicted molar refractivity (Wildman–Crippen MR) is 87.5 cm³/mol. The Balaban J connectivity index is 1.70. The fourth-order valence-electron chi connectivity index (χ4n) is 5.12. The van der Waals surface area contributed by atoms with Crippen LogP contribution in [0, 0.1) is 10.8 Å². The average molecular weight is 298 g/mol. The minimum Gasteiger partial charge on any atom is -0.298 e. The van der Waals surface area contributed by atoms with Crippen LogP contribution < -0.4 is 0 Å². The predicted octanol–water partition coefficient (Wildman–Crippen LogP) is 2.86. The Hall–Kier alpha value is -1.19. The van der Waals surface area contributed by atoms with Gasteiger partial charge in [0, 0.05) is 26.2 Å². The molecule has 0 N–H and O–H groups in total. The first-order valence-electron chi connectivity index (χ1n) is 8.63. The van der Waals surface area contributed by atoms with E-state index in [-0.39, 0.29) is 10.8 Å². The average Bonchev–Trinajstić information content (AvgIpc) is 2.52. The summed E-state index contributed by atoms with van der Waals surface area (Å²) in [7, 11) is 0. The van der Waals surface area contributed by atoms with Crippen molar-refractivity contribution in [1.82, 2.24) is 9.80 Å². The molecule has 4 aliphatic heterocycles. The van der Waals surface area contributed by atoms with E-state index >= 15 is 0 Å². The lowest BCUT2D eigenvalue weighted by Gasteiger charge is -2.65. The number of carbonyl (C=O) groups excluding carboxylic acids is 1. The van der Waals surface area contributed by atoms with Gasteiger partial charge in [0.2, 0.25) is 0 Å². The normalized spacial score (nSPS) is 42.9. The Morgan fingerprint density at radius 1 is 1.05 bits per heavy atom. The number of hydrogen-bond donors (Lipinski definition) is 0. The topological polar surface area (TPSA) is 23.6 Å². The number of nitrogens with zero attached hydrogens (tertiary/aromatic N) is 2. The lowest BCUT2D eigenvalue weighted by atomic mass is 9.60. The molecule has 4 aliphatic rings. The number of carbonyl (C=O) groups is 1. The highest BCUT2D eigenvalue weighted by molar-refractivity contribution is 5.93. The molecule has 2 unspecified atom stereocenters. The van der Waals surface area contributed by atoms with E-state index in [1.165, 1.54) is 11.1 Å². The van der Waals surface area contributed by atoms with Crippen molar-refractivity contribution in [3.8, 4) is 0 Å². The van der Waals surface area contributed by atoms with Crippen LogP contribution in [0.1, 0.15) is 44.5 Å². The van der Waals surface area contributed by atoms with Crippen molar-refractivity contribution < 1.29 is 4.79 Å². The van der Waals surface area contributed by atoms with Crippen LogP contribution in [0.4, 0.5) is 0 Å². The van der Waals surface area contributed by atoms with Crippen LogP contribution in [0.5, 0.6) is 0 Å². The van der Waals surface area contributed by atoms with E-state index in [9.17, 15) is 4.79 Å². The monoisotopic (exact) mass is 298 g/mol. The third-order valence-corrected chi connectivity index (χ3v) is 6.20. The van der Waals surface area contributed by atoms with Gasteiger partial charge in [0.05, 0.1) is 17.0 Å². The second-order valence-electron chi connectivity index (χ2n) is 7.80. The van der Waals surface area contributed by atoms with E-state index in [0.717, 1.165) is 39.0 Å². The summed E-state index contributed by atoms with van der Waals surface area (Å²) in [6.07, 6.45) is 2.42. The van der Waals surface area contributed by atoms with E-state index in [1.807, 2.05) is 0 Å². The van der Waals surface area contributed by atoms with Gasteiger partial charge < -0.3 is 0 Å². The van der Waals surface area contributed by atoms with E-state index in [0.29, 0.717) is 11.9 Å². The van der Waals surface area contributed by atoms with Gasteiger partial charge in [0.25, 0.3) is 0 Å². The van der Waals surface area contributed by atoms with Gasteiger partial charge in [-0.1, -0.05) is 45.0 Å². The first-order chi connectivity index (χ1) is 10.5. The van der Waals surface area contributed by atoms with Gasteiger partial charge in [-0.3, -0.25) is 14.6 Å². The standard InChI is InChI=1S/C19H26N2O/c1-4-14-6-8-15(9-7-14)16-20-10-18(3)11-21(16)13-19(5-2,12-20)17(18)22/h6-9,16H,4-5,10-13H2,1-3H3. The van der Waals surface area contributed by atoms with Crippen molar-refractivity contribution in [3.63, 3.8) is 0 Å². The highest BCUT2D eigenvalue weighted by atomic mass is 16.1. The molecule has 0 aromatic heterocycles. The van der Waals surface area contributed by atoms with Crippen LogP contribution in [0.3, 0.4) is 0 Å². The number of rotatable bonds is 3. The smallest absolute Gasteiger partial charge is 0.150 e. The Kier molecular flexibility index (Phi) is 3.05. The Morgan fingerprint density at radius 2 is 1.64 bits per heavy atom. The third kappa shape index (κ3) is 1.79. The number of piperidine rings is 2. The zero-order valence-electron chi connectivity index (χ0n) is 13.9. The molecule has 22 heavy (non-hydrogen) atoms. The zero-order valence-corrected chi connectivity index (χ0v) is 13.9. The lowest BCUT2D eigenvalue weighted by molar-refractivity contribution is -0.200. The molecule has 4 fully saturated rings. The maximum atomic E-state index is 12.9. The Morgan fingerprint density at radius 3 is 2.14 bits per heavy atom.